The zero-order valence-electron chi connectivity index (χ0n) is 12.7. The molecule has 116 valence electrons. The largest absolute Gasteiger partial charge is 0.392 e. The van der Waals surface area contributed by atoms with Crippen LogP contribution in [0.15, 0.2) is 48.5 Å². The molecule has 2 aromatic rings. The van der Waals surface area contributed by atoms with E-state index < -0.39 is 0 Å². The lowest BCUT2D eigenvalue weighted by atomic mass is 10.1. The van der Waals surface area contributed by atoms with Crippen molar-refractivity contribution in [3.05, 3.63) is 65.2 Å². The molecule has 0 aliphatic heterocycles. The van der Waals surface area contributed by atoms with Gasteiger partial charge in [-0.05, 0) is 35.2 Å². The van der Waals surface area contributed by atoms with Crippen molar-refractivity contribution in [3.63, 3.8) is 0 Å². The number of carbonyl (C=O) groups excluding carboxylic acids is 1. The van der Waals surface area contributed by atoms with Crippen LogP contribution < -0.4 is 5.32 Å². The Bertz CT molecular complexity index is 593. The van der Waals surface area contributed by atoms with Crippen LogP contribution in [0.2, 0.25) is 0 Å². The quantitative estimate of drug-likeness (QED) is 0.820. The fourth-order valence-corrected chi connectivity index (χ4v) is 2.81. The van der Waals surface area contributed by atoms with Crippen LogP contribution in [0.4, 0.5) is 5.69 Å². The van der Waals surface area contributed by atoms with E-state index in [1.54, 1.807) is 11.8 Å². The first-order valence-electron chi connectivity index (χ1n) is 7.36. The first-order valence-corrected chi connectivity index (χ1v) is 8.52. The highest BCUT2D eigenvalue weighted by atomic mass is 32.2. The van der Waals surface area contributed by atoms with Gasteiger partial charge in [0.05, 0.1) is 12.4 Å². The standard InChI is InChI=1S/C18H21NO2S/c1-2-14-7-9-17(10-8-14)19-18(21)13-22-12-16-5-3-15(11-20)4-6-16/h3-10,20H,2,11-13H2,1H3,(H,19,21). The highest BCUT2D eigenvalue weighted by molar-refractivity contribution is 7.99. The summed E-state index contributed by atoms with van der Waals surface area (Å²) in [6.07, 6.45) is 0.999. The Hall–Kier alpha value is -1.78. The van der Waals surface area contributed by atoms with Crippen molar-refractivity contribution in [2.45, 2.75) is 25.7 Å². The minimum absolute atomic E-state index is 0.0150. The third kappa shape index (κ3) is 5.20. The van der Waals surface area contributed by atoms with E-state index in [0.29, 0.717) is 5.75 Å². The van der Waals surface area contributed by atoms with E-state index in [9.17, 15) is 4.79 Å². The number of nitrogens with one attached hydrogen (secondary N) is 1. The molecule has 0 saturated heterocycles. The van der Waals surface area contributed by atoms with Gasteiger partial charge in [-0.25, -0.2) is 0 Å². The fraction of sp³-hybridized carbons (Fsp3) is 0.278. The molecule has 0 fully saturated rings. The topological polar surface area (TPSA) is 49.3 Å². The molecule has 3 nitrogen and oxygen atoms in total. The summed E-state index contributed by atoms with van der Waals surface area (Å²) in [6, 6.07) is 15.7. The first-order chi connectivity index (χ1) is 10.7. The molecule has 2 rings (SSSR count). The molecule has 0 aliphatic rings. The van der Waals surface area contributed by atoms with Crippen LogP contribution >= 0.6 is 11.8 Å². The summed E-state index contributed by atoms with van der Waals surface area (Å²) in [4.78, 5) is 11.9. The molecule has 0 radical (unpaired) electrons. The predicted octanol–water partition coefficient (Wildman–Crippen LogP) is 3.61. The molecule has 22 heavy (non-hydrogen) atoms. The summed E-state index contributed by atoms with van der Waals surface area (Å²) in [5.74, 6) is 1.23. The maximum absolute atomic E-state index is 11.9. The second-order valence-electron chi connectivity index (χ2n) is 5.07. The number of amides is 1. The fourth-order valence-electron chi connectivity index (χ4n) is 2.02. The average molecular weight is 315 g/mol. The zero-order valence-corrected chi connectivity index (χ0v) is 13.5. The summed E-state index contributed by atoms with van der Waals surface area (Å²) in [6.45, 7) is 2.17. The van der Waals surface area contributed by atoms with E-state index in [2.05, 4.69) is 12.2 Å². The SMILES string of the molecule is CCc1ccc(NC(=O)CSCc2ccc(CO)cc2)cc1. The lowest BCUT2D eigenvalue weighted by Gasteiger charge is -2.06. The summed E-state index contributed by atoms with van der Waals surface area (Å²) in [7, 11) is 0. The first kappa shape index (κ1) is 16.6. The molecule has 0 heterocycles. The number of thioether (sulfide) groups is 1. The number of aryl methyl sites for hydroxylation is 1. The normalized spacial score (nSPS) is 10.5. The monoisotopic (exact) mass is 315 g/mol. The Morgan fingerprint density at radius 2 is 1.59 bits per heavy atom. The van der Waals surface area contributed by atoms with E-state index in [4.69, 9.17) is 5.11 Å². The number of anilines is 1. The molecule has 0 spiro atoms. The lowest BCUT2D eigenvalue weighted by molar-refractivity contribution is -0.113. The molecule has 0 saturated carbocycles. The Labute approximate surface area is 135 Å². The zero-order chi connectivity index (χ0) is 15.8. The Morgan fingerprint density at radius 1 is 1.00 bits per heavy atom. The lowest BCUT2D eigenvalue weighted by Crippen LogP contribution is -2.14. The number of benzene rings is 2. The third-order valence-electron chi connectivity index (χ3n) is 3.35. The summed E-state index contributed by atoms with van der Waals surface area (Å²) >= 11 is 1.58. The van der Waals surface area contributed by atoms with Crippen molar-refractivity contribution in [1.29, 1.82) is 0 Å². The molecule has 0 aliphatic carbocycles. The van der Waals surface area contributed by atoms with Crippen LogP contribution in [-0.2, 0) is 23.6 Å². The van der Waals surface area contributed by atoms with Gasteiger partial charge in [-0.1, -0.05) is 43.3 Å². The van der Waals surface area contributed by atoms with Crippen molar-refractivity contribution in [1.82, 2.24) is 0 Å². The van der Waals surface area contributed by atoms with Crippen molar-refractivity contribution < 1.29 is 9.90 Å². The second-order valence-corrected chi connectivity index (χ2v) is 6.05. The van der Waals surface area contributed by atoms with Crippen molar-refractivity contribution >= 4 is 23.4 Å². The summed E-state index contributed by atoms with van der Waals surface area (Å²) < 4.78 is 0. The second kappa shape index (κ2) is 8.61. The highest BCUT2D eigenvalue weighted by Gasteiger charge is 2.03. The molecule has 0 bridgehead atoms. The van der Waals surface area contributed by atoms with E-state index in [0.717, 1.165) is 29.0 Å². The van der Waals surface area contributed by atoms with Crippen LogP contribution in [0.3, 0.4) is 0 Å². The maximum atomic E-state index is 11.9. The van der Waals surface area contributed by atoms with Gasteiger partial charge in [-0.15, -0.1) is 11.8 Å². The Balaban J connectivity index is 1.74. The predicted molar refractivity (Wildman–Crippen MR) is 93.0 cm³/mol. The molecule has 1 amide bonds. The number of aliphatic hydroxyl groups is 1. The molecule has 0 aromatic heterocycles. The maximum Gasteiger partial charge on any atom is 0.234 e. The van der Waals surface area contributed by atoms with Gasteiger partial charge in [-0.2, -0.15) is 0 Å². The van der Waals surface area contributed by atoms with Gasteiger partial charge in [0.2, 0.25) is 5.91 Å². The number of carbonyl (C=O) groups is 1. The molecule has 0 unspecified atom stereocenters. The number of aliphatic hydroxyl groups excluding tert-OH is 1. The molecular weight excluding hydrogens is 294 g/mol. The minimum atomic E-state index is 0.0150. The molecular formula is C18H21NO2S. The van der Waals surface area contributed by atoms with Gasteiger partial charge in [0.25, 0.3) is 0 Å². The van der Waals surface area contributed by atoms with Crippen molar-refractivity contribution in [3.8, 4) is 0 Å². The van der Waals surface area contributed by atoms with Gasteiger partial charge < -0.3 is 10.4 Å². The summed E-state index contributed by atoms with van der Waals surface area (Å²) in [5, 5.41) is 11.9. The van der Waals surface area contributed by atoms with Gasteiger partial charge in [0, 0.05) is 11.4 Å². The Kier molecular flexibility index (Phi) is 6.49. The molecule has 4 heteroatoms. The van der Waals surface area contributed by atoms with E-state index >= 15 is 0 Å². The number of hydrogen-bond acceptors (Lipinski definition) is 3. The minimum Gasteiger partial charge on any atom is -0.392 e. The molecule has 2 aromatic carbocycles. The van der Waals surface area contributed by atoms with E-state index in [1.165, 1.54) is 5.56 Å². The van der Waals surface area contributed by atoms with Crippen molar-refractivity contribution in [2.75, 3.05) is 11.1 Å². The molecule has 2 N–H and O–H groups in total. The van der Waals surface area contributed by atoms with Crippen LogP contribution in [0, 0.1) is 0 Å². The smallest absolute Gasteiger partial charge is 0.234 e. The van der Waals surface area contributed by atoms with Crippen molar-refractivity contribution in [2.24, 2.45) is 0 Å². The third-order valence-corrected chi connectivity index (χ3v) is 4.36. The van der Waals surface area contributed by atoms with Crippen LogP contribution in [0.5, 0.6) is 0 Å². The van der Waals surface area contributed by atoms with Crippen LogP contribution in [0.1, 0.15) is 23.6 Å². The van der Waals surface area contributed by atoms with Crippen LogP contribution in [0.25, 0.3) is 0 Å². The van der Waals surface area contributed by atoms with Gasteiger partial charge >= 0.3 is 0 Å². The van der Waals surface area contributed by atoms with E-state index in [-0.39, 0.29) is 12.5 Å². The number of rotatable bonds is 7. The van der Waals surface area contributed by atoms with Crippen LogP contribution in [-0.4, -0.2) is 16.8 Å². The number of hydrogen-bond donors (Lipinski definition) is 2. The van der Waals surface area contributed by atoms with E-state index in [1.807, 2.05) is 48.5 Å². The Morgan fingerprint density at radius 3 is 2.18 bits per heavy atom. The highest BCUT2D eigenvalue weighted by Crippen LogP contribution is 2.15. The van der Waals surface area contributed by atoms with Gasteiger partial charge in [-0.3, -0.25) is 4.79 Å². The molecule has 0 atom stereocenters. The average Bonchev–Trinajstić information content (AvgIpc) is 2.56. The van der Waals surface area contributed by atoms with Gasteiger partial charge in [0.15, 0.2) is 0 Å². The summed E-state index contributed by atoms with van der Waals surface area (Å²) in [5.41, 5.74) is 4.16. The van der Waals surface area contributed by atoms with Gasteiger partial charge in [0.1, 0.15) is 0 Å².